The van der Waals surface area contributed by atoms with Crippen LogP contribution in [-0.2, 0) is 6.42 Å². The second-order valence-electron chi connectivity index (χ2n) is 2.95. The highest BCUT2D eigenvalue weighted by Gasteiger charge is 2.18. The van der Waals surface area contributed by atoms with E-state index in [9.17, 15) is 4.39 Å². The third kappa shape index (κ3) is 1.27. The average molecular weight is 186 g/mol. The van der Waals surface area contributed by atoms with Crippen molar-refractivity contribution in [1.29, 1.82) is 0 Å². The van der Waals surface area contributed by atoms with E-state index < -0.39 is 6.17 Å². The van der Waals surface area contributed by atoms with Gasteiger partial charge in [0.1, 0.15) is 6.17 Å². The van der Waals surface area contributed by atoms with Gasteiger partial charge in [-0.3, -0.25) is 0 Å². The van der Waals surface area contributed by atoms with Crippen LogP contribution in [0, 0.1) is 0 Å². The Balaban J connectivity index is 2.43. The van der Waals surface area contributed by atoms with Crippen LogP contribution < -0.4 is 5.32 Å². The highest BCUT2D eigenvalue weighted by Crippen LogP contribution is 2.29. The zero-order valence-electron chi connectivity index (χ0n) is 6.48. The Labute approximate surface area is 75.5 Å². The lowest BCUT2D eigenvalue weighted by Crippen LogP contribution is -2.24. The van der Waals surface area contributed by atoms with Crippen molar-refractivity contribution in [2.75, 3.05) is 11.9 Å². The number of fused-ring (bicyclic) bond motifs is 1. The molecule has 0 spiro atoms. The maximum absolute atomic E-state index is 12.9. The molecule has 0 radical (unpaired) electrons. The van der Waals surface area contributed by atoms with Crippen molar-refractivity contribution in [3.8, 4) is 0 Å². The van der Waals surface area contributed by atoms with Crippen LogP contribution in [0.5, 0.6) is 0 Å². The summed E-state index contributed by atoms with van der Waals surface area (Å²) in [5.41, 5.74) is 1.87. The molecule has 1 nitrogen and oxygen atoms in total. The van der Waals surface area contributed by atoms with E-state index in [1.807, 2.05) is 12.1 Å². The summed E-state index contributed by atoms with van der Waals surface area (Å²) >= 11 is 5.90. The summed E-state index contributed by atoms with van der Waals surface area (Å²) in [5.74, 6) is 0. The second kappa shape index (κ2) is 2.94. The summed E-state index contributed by atoms with van der Waals surface area (Å²) < 4.78 is 12.9. The molecule has 12 heavy (non-hydrogen) atoms. The Morgan fingerprint density at radius 3 is 3.17 bits per heavy atom. The first-order chi connectivity index (χ1) is 5.77. The summed E-state index contributed by atoms with van der Waals surface area (Å²) in [5, 5.41) is 3.65. The van der Waals surface area contributed by atoms with Crippen molar-refractivity contribution in [2.24, 2.45) is 0 Å². The maximum Gasteiger partial charge on any atom is 0.121 e. The van der Waals surface area contributed by atoms with Crippen LogP contribution in [0.3, 0.4) is 0 Å². The van der Waals surface area contributed by atoms with E-state index in [2.05, 4.69) is 5.32 Å². The smallest absolute Gasteiger partial charge is 0.121 e. The lowest BCUT2D eigenvalue weighted by Gasteiger charge is -2.21. The molecule has 0 saturated carbocycles. The van der Waals surface area contributed by atoms with Crippen molar-refractivity contribution in [1.82, 2.24) is 0 Å². The minimum absolute atomic E-state index is 0.396. The molecule has 1 unspecified atom stereocenters. The fraction of sp³-hybridized carbons (Fsp3) is 0.333. The Morgan fingerprint density at radius 2 is 2.33 bits per heavy atom. The summed E-state index contributed by atoms with van der Waals surface area (Å²) in [7, 11) is 0. The zero-order valence-corrected chi connectivity index (χ0v) is 7.24. The Bertz CT molecular complexity index is 301. The highest BCUT2D eigenvalue weighted by atomic mass is 35.5. The molecule has 1 aromatic rings. The molecular weight excluding hydrogens is 177 g/mol. The maximum atomic E-state index is 12.9. The normalized spacial score (nSPS) is 21.3. The van der Waals surface area contributed by atoms with Gasteiger partial charge in [-0.05, 0) is 17.7 Å². The lowest BCUT2D eigenvalue weighted by molar-refractivity contribution is 0.342. The molecule has 0 fully saturated rings. The summed E-state index contributed by atoms with van der Waals surface area (Å²) in [6.07, 6.45) is -0.375. The molecule has 1 aliphatic rings. The van der Waals surface area contributed by atoms with Crippen LogP contribution in [0.1, 0.15) is 5.56 Å². The minimum Gasteiger partial charge on any atom is -0.382 e. The third-order valence-electron chi connectivity index (χ3n) is 2.06. The summed E-state index contributed by atoms with van der Waals surface area (Å²) in [6, 6.07) is 5.58. The van der Waals surface area contributed by atoms with Crippen molar-refractivity contribution in [2.45, 2.75) is 12.6 Å². The van der Waals surface area contributed by atoms with Gasteiger partial charge in [0, 0.05) is 23.7 Å². The predicted molar refractivity (Wildman–Crippen MR) is 48.5 cm³/mol. The van der Waals surface area contributed by atoms with Crippen LogP contribution in [0.25, 0.3) is 0 Å². The largest absolute Gasteiger partial charge is 0.382 e. The molecule has 0 aliphatic carbocycles. The molecule has 0 aromatic heterocycles. The highest BCUT2D eigenvalue weighted by molar-refractivity contribution is 6.31. The first kappa shape index (κ1) is 7.87. The number of alkyl halides is 1. The number of hydrogen-bond acceptors (Lipinski definition) is 1. The Morgan fingerprint density at radius 1 is 1.50 bits per heavy atom. The third-order valence-corrected chi connectivity index (χ3v) is 2.41. The molecule has 64 valence electrons. The SMILES string of the molecule is FC1CNc2cccc(Cl)c2C1. The zero-order chi connectivity index (χ0) is 8.55. The number of rotatable bonds is 0. The van der Waals surface area contributed by atoms with Crippen LogP contribution in [-0.4, -0.2) is 12.7 Å². The van der Waals surface area contributed by atoms with Gasteiger partial charge in [-0.2, -0.15) is 0 Å². The monoisotopic (exact) mass is 185 g/mol. The topological polar surface area (TPSA) is 12.0 Å². The van der Waals surface area contributed by atoms with Crippen molar-refractivity contribution in [3.63, 3.8) is 0 Å². The van der Waals surface area contributed by atoms with Gasteiger partial charge in [0.25, 0.3) is 0 Å². The second-order valence-corrected chi connectivity index (χ2v) is 3.36. The van der Waals surface area contributed by atoms with Crippen LogP contribution in [0.4, 0.5) is 10.1 Å². The fourth-order valence-corrected chi connectivity index (χ4v) is 1.70. The molecule has 0 bridgehead atoms. The van der Waals surface area contributed by atoms with Gasteiger partial charge in [-0.15, -0.1) is 0 Å². The number of halogens is 2. The summed E-state index contributed by atoms with van der Waals surface area (Å²) in [4.78, 5) is 0. The minimum atomic E-state index is -0.808. The van der Waals surface area contributed by atoms with E-state index in [1.165, 1.54) is 0 Å². The van der Waals surface area contributed by atoms with E-state index >= 15 is 0 Å². The van der Waals surface area contributed by atoms with E-state index in [0.717, 1.165) is 11.3 Å². The van der Waals surface area contributed by atoms with Gasteiger partial charge in [0.2, 0.25) is 0 Å². The number of hydrogen-bond donors (Lipinski definition) is 1. The fourth-order valence-electron chi connectivity index (χ4n) is 1.45. The molecule has 1 heterocycles. The molecule has 1 N–H and O–H groups in total. The average Bonchev–Trinajstić information content (AvgIpc) is 2.07. The molecule has 1 aliphatic heterocycles. The van der Waals surface area contributed by atoms with Crippen molar-refractivity contribution in [3.05, 3.63) is 28.8 Å². The van der Waals surface area contributed by atoms with E-state index in [4.69, 9.17) is 11.6 Å². The standard InChI is InChI=1S/C9H9ClFN/c10-8-2-1-3-9-7(8)4-6(11)5-12-9/h1-3,6,12H,4-5H2. The van der Waals surface area contributed by atoms with Crippen LogP contribution in [0.15, 0.2) is 18.2 Å². The van der Waals surface area contributed by atoms with Gasteiger partial charge >= 0.3 is 0 Å². The Hall–Kier alpha value is -0.760. The first-order valence-electron chi connectivity index (χ1n) is 3.92. The molecule has 1 atom stereocenters. The van der Waals surface area contributed by atoms with Gasteiger partial charge in [0.15, 0.2) is 0 Å². The summed E-state index contributed by atoms with van der Waals surface area (Å²) in [6.45, 7) is 0.396. The molecule has 0 saturated heterocycles. The van der Waals surface area contributed by atoms with E-state index in [1.54, 1.807) is 6.07 Å². The number of anilines is 1. The van der Waals surface area contributed by atoms with Gasteiger partial charge < -0.3 is 5.32 Å². The van der Waals surface area contributed by atoms with Crippen LogP contribution >= 0.6 is 11.6 Å². The van der Waals surface area contributed by atoms with E-state index in [-0.39, 0.29) is 0 Å². The number of benzene rings is 1. The first-order valence-corrected chi connectivity index (χ1v) is 4.30. The quantitative estimate of drug-likeness (QED) is 0.655. The number of nitrogens with one attached hydrogen (secondary N) is 1. The van der Waals surface area contributed by atoms with Gasteiger partial charge in [-0.1, -0.05) is 17.7 Å². The van der Waals surface area contributed by atoms with Crippen LogP contribution in [0.2, 0.25) is 5.02 Å². The molecule has 0 amide bonds. The molecule has 1 aromatic carbocycles. The van der Waals surface area contributed by atoms with E-state index in [0.29, 0.717) is 18.0 Å². The molecule has 3 heteroatoms. The van der Waals surface area contributed by atoms with Gasteiger partial charge in [0.05, 0.1) is 0 Å². The van der Waals surface area contributed by atoms with Gasteiger partial charge in [-0.25, -0.2) is 4.39 Å². The Kier molecular flexibility index (Phi) is 1.93. The lowest BCUT2D eigenvalue weighted by atomic mass is 10.0. The predicted octanol–water partition coefficient (Wildman–Crippen LogP) is 2.65. The van der Waals surface area contributed by atoms with Crippen molar-refractivity contribution >= 4 is 17.3 Å². The van der Waals surface area contributed by atoms with Crippen molar-refractivity contribution < 1.29 is 4.39 Å². The molecule has 2 rings (SSSR count). The molecular formula is C9H9ClFN.